The van der Waals surface area contributed by atoms with Crippen LogP contribution in [0, 0.1) is 6.92 Å². The fourth-order valence-electron chi connectivity index (χ4n) is 2.12. The van der Waals surface area contributed by atoms with Crippen LogP contribution in [0.25, 0.3) is 0 Å². The van der Waals surface area contributed by atoms with E-state index in [2.05, 4.69) is 0 Å². The first-order valence-corrected chi connectivity index (χ1v) is 6.57. The summed E-state index contributed by atoms with van der Waals surface area (Å²) in [6, 6.07) is 17.5. The molecule has 0 aliphatic carbocycles. The molecule has 1 unspecified atom stereocenters. The summed E-state index contributed by atoms with van der Waals surface area (Å²) in [6.07, 6.45) is 1.16. The lowest BCUT2D eigenvalue weighted by atomic mass is 9.98. The number of rotatable bonds is 5. The van der Waals surface area contributed by atoms with Crippen molar-refractivity contribution >= 4 is 5.78 Å². The molecule has 98 valence electrons. The average Bonchev–Trinajstić information content (AvgIpc) is 2.45. The minimum atomic E-state index is -0.0741. The van der Waals surface area contributed by atoms with Crippen molar-refractivity contribution in [3.8, 4) is 0 Å². The number of benzene rings is 2. The van der Waals surface area contributed by atoms with Crippen molar-refractivity contribution in [3.05, 3.63) is 71.3 Å². The van der Waals surface area contributed by atoms with Crippen molar-refractivity contribution in [3.63, 3.8) is 0 Å². The van der Waals surface area contributed by atoms with Gasteiger partial charge in [-0.25, -0.2) is 0 Å². The zero-order valence-corrected chi connectivity index (χ0v) is 11.2. The van der Waals surface area contributed by atoms with E-state index in [9.17, 15) is 4.79 Å². The number of nitrogens with two attached hydrogens (primary N) is 1. The second kappa shape index (κ2) is 6.30. The zero-order chi connectivity index (χ0) is 13.7. The SMILES string of the molecule is Cc1cccc(C(=O)CCC(N)c2ccccc2)c1. The maximum Gasteiger partial charge on any atom is 0.162 e. The molecular formula is C17H19NO. The van der Waals surface area contributed by atoms with Crippen molar-refractivity contribution < 1.29 is 4.79 Å². The largest absolute Gasteiger partial charge is 0.324 e. The molecule has 0 aromatic heterocycles. The lowest BCUT2D eigenvalue weighted by molar-refractivity contribution is 0.0977. The van der Waals surface area contributed by atoms with Gasteiger partial charge >= 0.3 is 0 Å². The summed E-state index contributed by atoms with van der Waals surface area (Å²) in [5, 5.41) is 0. The van der Waals surface area contributed by atoms with Gasteiger partial charge in [0, 0.05) is 18.0 Å². The van der Waals surface area contributed by atoms with Crippen molar-refractivity contribution in [2.24, 2.45) is 5.73 Å². The Balaban J connectivity index is 1.94. The highest BCUT2D eigenvalue weighted by Crippen LogP contribution is 2.17. The lowest BCUT2D eigenvalue weighted by Crippen LogP contribution is -2.12. The third-order valence-corrected chi connectivity index (χ3v) is 3.25. The summed E-state index contributed by atoms with van der Waals surface area (Å²) in [7, 11) is 0. The Morgan fingerprint density at radius 1 is 1.11 bits per heavy atom. The first-order valence-electron chi connectivity index (χ1n) is 6.57. The minimum absolute atomic E-state index is 0.0741. The van der Waals surface area contributed by atoms with Crippen LogP contribution in [0.1, 0.15) is 40.4 Å². The van der Waals surface area contributed by atoms with Gasteiger partial charge in [-0.3, -0.25) is 4.79 Å². The van der Waals surface area contributed by atoms with Crippen molar-refractivity contribution in [1.29, 1.82) is 0 Å². The predicted octanol–water partition coefficient (Wildman–Crippen LogP) is 3.66. The van der Waals surface area contributed by atoms with E-state index >= 15 is 0 Å². The van der Waals surface area contributed by atoms with Gasteiger partial charge in [0.05, 0.1) is 0 Å². The summed E-state index contributed by atoms with van der Waals surface area (Å²) in [5.41, 5.74) is 9.07. The molecule has 1 atom stereocenters. The first-order chi connectivity index (χ1) is 9.16. The van der Waals surface area contributed by atoms with E-state index < -0.39 is 0 Å². The molecule has 0 radical (unpaired) electrons. The molecule has 2 N–H and O–H groups in total. The van der Waals surface area contributed by atoms with Gasteiger partial charge in [-0.1, -0.05) is 54.1 Å². The monoisotopic (exact) mass is 253 g/mol. The predicted molar refractivity (Wildman–Crippen MR) is 78.1 cm³/mol. The third-order valence-electron chi connectivity index (χ3n) is 3.25. The van der Waals surface area contributed by atoms with E-state index in [0.717, 1.165) is 16.7 Å². The van der Waals surface area contributed by atoms with Crippen LogP contribution < -0.4 is 5.73 Å². The zero-order valence-electron chi connectivity index (χ0n) is 11.2. The summed E-state index contributed by atoms with van der Waals surface area (Å²) < 4.78 is 0. The Bertz CT molecular complexity index is 548. The smallest absolute Gasteiger partial charge is 0.162 e. The summed E-state index contributed by atoms with van der Waals surface area (Å²) in [6.45, 7) is 1.99. The number of carbonyl (C=O) groups excluding carboxylic acids is 1. The molecular weight excluding hydrogens is 234 g/mol. The van der Waals surface area contributed by atoms with Crippen molar-refractivity contribution in [2.75, 3.05) is 0 Å². The molecule has 2 heteroatoms. The minimum Gasteiger partial charge on any atom is -0.324 e. The molecule has 0 spiro atoms. The molecule has 0 aliphatic rings. The number of Topliss-reactive ketones (excluding diaryl/α,β-unsaturated/α-hetero) is 1. The maximum absolute atomic E-state index is 12.1. The molecule has 2 aromatic carbocycles. The summed E-state index contributed by atoms with van der Waals surface area (Å²) >= 11 is 0. The van der Waals surface area contributed by atoms with Crippen LogP contribution in [-0.4, -0.2) is 5.78 Å². The van der Waals surface area contributed by atoms with Gasteiger partial charge in [-0.2, -0.15) is 0 Å². The Labute approximate surface area is 114 Å². The first kappa shape index (κ1) is 13.5. The highest BCUT2D eigenvalue weighted by molar-refractivity contribution is 5.96. The van der Waals surface area contributed by atoms with Crippen molar-refractivity contribution in [1.82, 2.24) is 0 Å². The number of ketones is 1. The number of aryl methyl sites for hydroxylation is 1. The summed E-state index contributed by atoms with van der Waals surface area (Å²) in [4.78, 5) is 12.1. The van der Waals surface area contributed by atoms with Crippen LogP contribution in [0.2, 0.25) is 0 Å². The lowest BCUT2D eigenvalue weighted by Gasteiger charge is -2.11. The van der Waals surface area contributed by atoms with Crippen molar-refractivity contribution in [2.45, 2.75) is 25.8 Å². The molecule has 0 heterocycles. The van der Waals surface area contributed by atoms with Gasteiger partial charge in [-0.05, 0) is 25.0 Å². The maximum atomic E-state index is 12.1. The van der Waals surface area contributed by atoms with E-state index in [1.165, 1.54) is 0 Å². The topological polar surface area (TPSA) is 43.1 Å². The molecule has 0 aliphatic heterocycles. The Morgan fingerprint density at radius 2 is 1.84 bits per heavy atom. The second-order valence-electron chi connectivity index (χ2n) is 4.85. The van der Waals surface area contributed by atoms with Gasteiger partial charge in [0.2, 0.25) is 0 Å². The average molecular weight is 253 g/mol. The van der Waals surface area contributed by atoms with Crippen LogP contribution in [0.5, 0.6) is 0 Å². The molecule has 0 saturated carbocycles. The fourth-order valence-corrected chi connectivity index (χ4v) is 2.12. The standard InChI is InChI=1S/C17H19NO/c1-13-6-5-9-15(12-13)17(19)11-10-16(18)14-7-3-2-4-8-14/h2-9,12,16H,10-11,18H2,1H3. The van der Waals surface area contributed by atoms with E-state index in [1.54, 1.807) is 0 Å². The number of carbonyl (C=O) groups is 1. The number of hydrogen-bond donors (Lipinski definition) is 1. The quantitative estimate of drug-likeness (QED) is 0.826. The molecule has 0 amide bonds. The van der Waals surface area contributed by atoms with Crippen LogP contribution in [0.3, 0.4) is 0 Å². The van der Waals surface area contributed by atoms with Crippen LogP contribution in [0.4, 0.5) is 0 Å². The highest BCUT2D eigenvalue weighted by atomic mass is 16.1. The molecule has 0 fully saturated rings. The summed E-state index contributed by atoms with van der Waals surface area (Å²) in [5.74, 6) is 0.162. The third kappa shape index (κ3) is 3.76. The van der Waals surface area contributed by atoms with Gasteiger partial charge in [0.25, 0.3) is 0 Å². The highest BCUT2D eigenvalue weighted by Gasteiger charge is 2.10. The van der Waals surface area contributed by atoms with Gasteiger partial charge in [0.1, 0.15) is 0 Å². The molecule has 2 rings (SSSR count). The van der Waals surface area contributed by atoms with E-state index in [-0.39, 0.29) is 11.8 Å². The van der Waals surface area contributed by atoms with Crippen LogP contribution in [0.15, 0.2) is 54.6 Å². The van der Waals surface area contributed by atoms with Crippen LogP contribution >= 0.6 is 0 Å². The van der Waals surface area contributed by atoms with E-state index in [1.807, 2.05) is 61.5 Å². The van der Waals surface area contributed by atoms with Gasteiger partial charge in [-0.15, -0.1) is 0 Å². The normalized spacial score (nSPS) is 12.1. The molecule has 2 nitrogen and oxygen atoms in total. The Morgan fingerprint density at radius 3 is 2.53 bits per heavy atom. The van der Waals surface area contributed by atoms with E-state index in [0.29, 0.717) is 12.8 Å². The molecule has 2 aromatic rings. The number of hydrogen-bond acceptors (Lipinski definition) is 2. The molecule has 0 saturated heterocycles. The molecule has 0 bridgehead atoms. The Hall–Kier alpha value is -1.93. The molecule has 19 heavy (non-hydrogen) atoms. The van der Waals surface area contributed by atoms with Gasteiger partial charge < -0.3 is 5.73 Å². The van der Waals surface area contributed by atoms with E-state index in [4.69, 9.17) is 5.73 Å². The second-order valence-corrected chi connectivity index (χ2v) is 4.85. The fraction of sp³-hybridized carbons (Fsp3) is 0.235. The van der Waals surface area contributed by atoms with Gasteiger partial charge in [0.15, 0.2) is 5.78 Å². The van der Waals surface area contributed by atoms with Crippen LogP contribution in [-0.2, 0) is 0 Å². The Kier molecular flexibility index (Phi) is 4.48.